The fourth-order valence-electron chi connectivity index (χ4n) is 1.59. The van der Waals surface area contributed by atoms with E-state index in [0.29, 0.717) is 29.5 Å². The molecule has 4 nitrogen and oxygen atoms in total. The van der Waals surface area contributed by atoms with E-state index in [1.54, 1.807) is 13.2 Å². The van der Waals surface area contributed by atoms with E-state index in [1.807, 2.05) is 30.3 Å². The van der Waals surface area contributed by atoms with E-state index in [9.17, 15) is 4.79 Å². The van der Waals surface area contributed by atoms with Gasteiger partial charge in [0, 0.05) is 0 Å². The third-order valence-electron chi connectivity index (χ3n) is 2.51. The van der Waals surface area contributed by atoms with Crippen LogP contribution in [0.5, 0.6) is 11.5 Å². The minimum absolute atomic E-state index is 0.0932. The molecule has 2 rings (SSSR count). The molecule has 0 aliphatic carbocycles. The number of para-hydroxylation sites is 2. The number of hydrogen-bond donors (Lipinski definition) is 1. The maximum absolute atomic E-state index is 11.8. The van der Waals surface area contributed by atoms with E-state index < -0.39 is 0 Å². The Bertz CT molecular complexity index is 585. The summed E-state index contributed by atoms with van der Waals surface area (Å²) in [5.74, 6) is 1.26. The van der Waals surface area contributed by atoms with Crippen LogP contribution < -0.4 is 14.8 Å². The monoisotopic (exact) mass is 355 g/mol. The van der Waals surface area contributed by atoms with Crippen molar-refractivity contribution >= 4 is 33.2 Å². The lowest BCUT2D eigenvalue weighted by molar-refractivity contribution is 0.0951. The first-order valence-corrected chi connectivity index (χ1v) is 7.61. The summed E-state index contributed by atoms with van der Waals surface area (Å²) in [7, 11) is 1.60. The van der Waals surface area contributed by atoms with Crippen LogP contribution in [0.15, 0.2) is 40.2 Å². The van der Waals surface area contributed by atoms with Crippen molar-refractivity contribution in [1.29, 1.82) is 0 Å². The van der Waals surface area contributed by atoms with Gasteiger partial charge in [-0.1, -0.05) is 12.1 Å². The third-order valence-corrected chi connectivity index (χ3v) is 4.13. The number of ether oxygens (including phenoxy) is 2. The van der Waals surface area contributed by atoms with Gasteiger partial charge in [-0.05, 0) is 40.2 Å². The predicted molar refractivity (Wildman–Crippen MR) is 82.8 cm³/mol. The second kappa shape index (κ2) is 7.31. The molecule has 0 bridgehead atoms. The van der Waals surface area contributed by atoms with Crippen LogP contribution in [0.3, 0.4) is 0 Å². The first-order valence-electron chi connectivity index (χ1n) is 6.00. The molecule has 1 aromatic carbocycles. The summed E-state index contributed by atoms with van der Waals surface area (Å²) in [6.45, 7) is 0.824. The van der Waals surface area contributed by atoms with Crippen molar-refractivity contribution in [2.24, 2.45) is 0 Å². The fraction of sp³-hybridized carbons (Fsp3) is 0.214. The normalized spacial score (nSPS) is 10.1. The molecule has 1 aromatic heterocycles. The number of amides is 1. The van der Waals surface area contributed by atoms with Gasteiger partial charge >= 0.3 is 0 Å². The lowest BCUT2D eigenvalue weighted by Gasteiger charge is -2.10. The quantitative estimate of drug-likeness (QED) is 0.808. The molecule has 1 heterocycles. The molecule has 0 saturated carbocycles. The van der Waals surface area contributed by atoms with Gasteiger partial charge in [0.15, 0.2) is 11.5 Å². The second-order valence-corrected chi connectivity index (χ2v) is 6.32. The van der Waals surface area contributed by atoms with Gasteiger partial charge in [0.2, 0.25) is 0 Å². The van der Waals surface area contributed by atoms with Crippen molar-refractivity contribution < 1.29 is 14.3 Å². The number of benzene rings is 1. The highest BCUT2D eigenvalue weighted by molar-refractivity contribution is 9.11. The number of nitrogens with one attached hydrogen (secondary N) is 1. The molecule has 0 saturated heterocycles. The van der Waals surface area contributed by atoms with Gasteiger partial charge in [-0.15, -0.1) is 11.3 Å². The summed E-state index contributed by atoms with van der Waals surface area (Å²) in [6, 6.07) is 11.0. The summed E-state index contributed by atoms with van der Waals surface area (Å²) in [5, 5.41) is 2.80. The molecule has 1 N–H and O–H groups in total. The molecule has 6 heteroatoms. The summed E-state index contributed by atoms with van der Waals surface area (Å²) >= 11 is 4.73. The van der Waals surface area contributed by atoms with Crippen molar-refractivity contribution in [1.82, 2.24) is 5.32 Å². The van der Waals surface area contributed by atoms with Crippen molar-refractivity contribution in [3.05, 3.63) is 45.1 Å². The Hall–Kier alpha value is -1.53. The molecule has 0 unspecified atom stereocenters. The SMILES string of the molecule is COc1ccccc1OCCNC(=O)c1ccc(Br)s1. The lowest BCUT2D eigenvalue weighted by atomic mass is 10.3. The molecule has 0 spiro atoms. The summed E-state index contributed by atoms with van der Waals surface area (Å²) in [4.78, 5) is 12.5. The van der Waals surface area contributed by atoms with Crippen LogP contribution >= 0.6 is 27.3 Å². The number of halogens is 1. The van der Waals surface area contributed by atoms with Gasteiger partial charge in [-0.3, -0.25) is 4.79 Å². The molecule has 2 aromatic rings. The average Bonchev–Trinajstić information content (AvgIpc) is 2.90. The van der Waals surface area contributed by atoms with Gasteiger partial charge in [-0.25, -0.2) is 0 Å². The largest absolute Gasteiger partial charge is 0.493 e. The highest BCUT2D eigenvalue weighted by atomic mass is 79.9. The topological polar surface area (TPSA) is 47.6 Å². The lowest BCUT2D eigenvalue weighted by Crippen LogP contribution is -2.27. The van der Waals surface area contributed by atoms with Crippen LogP contribution in [0.25, 0.3) is 0 Å². The third kappa shape index (κ3) is 3.98. The maximum Gasteiger partial charge on any atom is 0.261 e. The van der Waals surface area contributed by atoms with E-state index in [-0.39, 0.29) is 5.91 Å². The Balaban J connectivity index is 1.78. The highest BCUT2D eigenvalue weighted by Crippen LogP contribution is 2.25. The summed E-state index contributed by atoms with van der Waals surface area (Å²) in [5.41, 5.74) is 0. The zero-order valence-corrected chi connectivity index (χ0v) is 13.3. The Morgan fingerprint density at radius 1 is 1.25 bits per heavy atom. The molecule has 0 aliphatic heterocycles. The molecule has 0 fully saturated rings. The molecule has 0 aliphatic rings. The van der Waals surface area contributed by atoms with Crippen LogP contribution in [0, 0.1) is 0 Å². The zero-order chi connectivity index (χ0) is 14.4. The van der Waals surface area contributed by atoms with Crippen molar-refractivity contribution in [2.45, 2.75) is 0 Å². The number of carbonyl (C=O) groups is 1. The van der Waals surface area contributed by atoms with Gasteiger partial charge in [0.25, 0.3) is 5.91 Å². The Labute approximate surface area is 129 Å². The second-order valence-electron chi connectivity index (χ2n) is 3.86. The van der Waals surface area contributed by atoms with Gasteiger partial charge in [0.1, 0.15) is 6.61 Å². The van der Waals surface area contributed by atoms with E-state index in [1.165, 1.54) is 11.3 Å². The summed E-state index contributed by atoms with van der Waals surface area (Å²) < 4.78 is 11.7. The molecular formula is C14H14BrNO3S. The van der Waals surface area contributed by atoms with Crippen molar-refractivity contribution in [3.8, 4) is 11.5 Å². The van der Waals surface area contributed by atoms with Crippen LogP contribution in [-0.4, -0.2) is 26.2 Å². The van der Waals surface area contributed by atoms with Crippen LogP contribution in [0.4, 0.5) is 0 Å². The summed E-state index contributed by atoms with van der Waals surface area (Å²) in [6.07, 6.45) is 0. The van der Waals surface area contributed by atoms with E-state index in [0.717, 1.165) is 3.79 Å². The Morgan fingerprint density at radius 3 is 2.65 bits per heavy atom. The van der Waals surface area contributed by atoms with E-state index in [4.69, 9.17) is 9.47 Å². The zero-order valence-electron chi connectivity index (χ0n) is 10.9. The molecule has 1 amide bonds. The molecule has 0 radical (unpaired) electrons. The molecule has 0 atom stereocenters. The number of methoxy groups -OCH3 is 1. The maximum atomic E-state index is 11.8. The Kier molecular flexibility index (Phi) is 5.43. The molecular weight excluding hydrogens is 342 g/mol. The minimum Gasteiger partial charge on any atom is -0.493 e. The first kappa shape index (κ1) is 14.9. The van der Waals surface area contributed by atoms with E-state index >= 15 is 0 Å². The number of thiophene rings is 1. The van der Waals surface area contributed by atoms with Crippen LogP contribution in [0.1, 0.15) is 9.67 Å². The number of rotatable bonds is 6. The van der Waals surface area contributed by atoms with Crippen LogP contribution in [0.2, 0.25) is 0 Å². The highest BCUT2D eigenvalue weighted by Gasteiger charge is 2.08. The predicted octanol–water partition coefficient (Wildman–Crippen LogP) is 3.33. The van der Waals surface area contributed by atoms with Crippen molar-refractivity contribution in [3.63, 3.8) is 0 Å². The Morgan fingerprint density at radius 2 is 2.00 bits per heavy atom. The van der Waals surface area contributed by atoms with Crippen LogP contribution in [-0.2, 0) is 0 Å². The number of hydrogen-bond acceptors (Lipinski definition) is 4. The van der Waals surface area contributed by atoms with Gasteiger partial charge in [-0.2, -0.15) is 0 Å². The van der Waals surface area contributed by atoms with Gasteiger partial charge < -0.3 is 14.8 Å². The first-order chi connectivity index (χ1) is 9.70. The standard InChI is InChI=1S/C14H14BrNO3S/c1-18-10-4-2-3-5-11(10)19-9-8-16-14(17)12-6-7-13(15)20-12/h2-7H,8-9H2,1H3,(H,16,17). The van der Waals surface area contributed by atoms with Gasteiger partial charge in [0.05, 0.1) is 22.3 Å². The average molecular weight is 356 g/mol. The molecule has 106 valence electrons. The smallest absolute Gasteiger partial charge is 0.261 e. The fourth-order valence-corrected chi connectivity index (χ4v) is 2.89. The number of carbonyl (C=O) groups excluding carboxylic acids is 1. The van der Waals surface area contributed by atoms with E-state index in [2.05, 4.69) is 21.2 Å². The van der Waals surface area contributed by atoms with Crippen molar-refractivity contribution in [2.75, 3.05) is 20.3 Å². The minimum atomic E-state index is -0.0932. The molecule has 20 heavy (non-hydrogen) atoms.